The lowest BCUT2D eigenvalue weighted by atomic mass is 10.0. The van der Waals surface area contributed by atoms with Gasteiger partial charge in [0.05, 0.1) is 23.2 Å². The van der Waals surface area contributed by atoms with Gasteiger partial charge < -0.3 is 14.8 Å². The van der Waals surface area contributed by atoms with E-state index in [1.807, 2.05) is 13.0 Å². The van der Waals surface area contributed by atoms with Gasteiger partial charge in [-0.15, -0.1) is 11.3 Å². The Bertz CT molecular complexity index is 1040. The summed E-state index contributed by atoms with van der Waals surface area (Å²) < 4.78 is 10.3. The molecule has 148 valence electrons. The fourth-order valence-corrected chi connectivity index (χ4v) is 3.39. The first kappa shape index (κ1) is 20.3. The minimum atomic E-state index is -0.739. The topological polar surface area (TPSA) is 81.7 Å². The average molecular weight is 409 g/mol. The van der Waals surface area contributed by atoms with Gasteiger partial charge in [-0.3, -0.25) is 9.59 Å². The lowest BCUT2D eigenvalue weighted by Crippen LogP contribution is -2.22. The number of methoxy groups -OCH3 is 1. The van der Waals surface area contributed by atoms with Gasteiger partial charge in [0, 0.05) is 5.56 Å². The van der Waals surface area contributed by atoms with Crippen molar-refractivity contribution in [2.24, 2.45) is 0 Å². The van der Waals surface area contributed by atoms with Gasteiger partial charge in [0.15, 0.2) is 6.61 Å². The monoisotopic (exact) mass is 409 g/mol. The SMILES string of the molecule is COc1ccc(C)cc1NC(=O)COC(=O)c1ccccc1C(=O)c1cccs1. The number of benzene rings is 2. The zero-order valence-corrected chi connectivity index (χ0v) is 16.7. The molecule has 0 aliphatic rings. The fraction of sp³-hybridized carbons (Fsp3) is 0.136. The summed E-state index contributed by atoms with van der Waals surface area (Å²) in [5.74, 6) is -1.01. The number of esters is 1. The van der Waals surface area contributed by atoms with Crippen molar-refractivity contribution in [3.63, 3.8) is 0 Å². The molecule has 2 aromatic carbocycles. The second-order valence-corrected chi connectivity index (χ2v) is 7.13. The van der Waals surface area contributed by atoms with Gasteiger partial charge >= 0.3 is 5.97 Å². The number of nitrogens with one attached hydrogen (secondary N) is 1. The zero-order chi connectivity index (χ0) is 20.8. The van der Waals surface area contributed by atoms with Crippen LogP contribution >= 0.6 is 11.3 Å². The van der Waals surface area contributed by atoms with Gasteiger partial charge in [-0.1, -0.05) is 30.3 Å². The first-order chi connectivity index (χ1) is 14.0. The Morgan fingerprint density at radius 3 is 2.45 bits per heavy atom. The Labute approximate surface area is 172 Å². The van der Waals surface area contributed by atoms with Crippen molar-refractivity contribution in [3.05, 3.63) is 81.5 Å². The number of anilines is 1. The quantitative estimate of drug-likeness (QED) is 0.469. The number of ether oxygens (including phenoxy) is 2. The summed E-state index contributed by atoms with van der Waals surface area (Å²) in [5, 5.41) is 4.45. The Kier molecular flexibility index (Phi) is 6.41. The van der Waals surface area contributed by atoms with Crippen LogP contribution in [0.3, 0.4) is 0 Å². The van der Waals surface area contributed by atoms with E-state index in [0.29, 0.717) is 16.3 Å². The van der Waals surface area contributed by atoms with Crippen LogP contribution in [0.25, 0.3) is 0 Å². The second kappa shape index (κ2) is 9.16. The first-order valence-corrected chi connectivity index (χ1v) is 9.66. The molecule has 0 saturated heterocycles. The van der Waals surface area contributed by atoms with Crippen molar-refractivity contribution < 1.29 is 23.9 Å². The van der Waals surface area contributed by atoms with Crippen molar-refractivity contribution in [2.45, 2.75) is 6.92 Å². The largest absolute Gasteiger partial charge is 0.495 e. The van der Waals surface area contributed by atoms with Gasteiger partial charge in [0.1, 0.15) is 5.75 Å². The molecule has 0 fully saturated rings. The molecule has 0 spiro atoms. The molecule has 0 atom stereocenters. The van der Waals surface area contributed by atoms with Gasteiger partial charge in [0.25, 0.3) is 5.91 Å². The molecule has 3 aromatic rings. The maximum absolute atomic E-state index is 12.6. The van der Waals surface area contributed by atoms with E-state index >= 15 is 0 Å². The van der Waals surface area contributed by atoms with Crippen LogP contribution in [0.2, 0.25) is 0 Å². The summed E-state index contributed by atoms with van der Waals surface area (Å²) in [6, 6.07) is 15.2. The van der Waals surface area contributed by atoms with Gasteiger partial charge in [0.2, 0.25) is 5.78 Å². The lowest BCUT2D eigenvalue weighted by Gasteiger charge is -2.12. The predicted molar refractivity (Wildman–Crippen MR) is 111 cm³/mol. The molecule has 1 aromatic heterocycles. The van der Waals surface area contributed by atoms with Crippen LogP contribution in [0.1, 0.15) is 31.2 Å². The number of carbonyl (C=O) groups excluding carboxylic acids is 3. The van der Waals surface area contributed by atoms with Gasteiger partial charge in [-0.25, -0.2) is 4.79 Å². The summed E-state index contributed by atoms with van der Waals surface area (Å²) >= 11 is 1.29. The Morgan fingerprint density at radius 1 is 1.00 bits per heavy atom. The third kappa shape index (κ3) is 4.89. The highest BCUT2D eigenvalue weighted by atomic mass is 32.1. The molecule has 0 radical (unpaired) electrons. The van der Waals surface area contributed by atoms with E-state index < -0.39 is 18.5 Å². The van der Waals surface area contributed by atoms with Crippen molar-refractivity contribution >= 4 is 34.7 Å². The maximum Gasteiger partial charge on any atom is 0.339 e. The van der Waals surface area contributed by atoms with E-state index in [-0.39, 0.29) is 16.9 Å². The standard InChI is InChI=1S/C22H19NO5S/c1-14-9-10-18(27-2)17(12-14)23-20(24)13-28-22(26)16-7-4-3-6-15(16)21(25)19-8-5-11-29-19/h3-12H,13H2,1-2H3,(H,23,24). The molecule has 29 heavy (non-hydrogen) atoms. The zero-order valence-electron chi connectivity index (χ0n) is 15.9. The molecule has 7 heteroatoms. The Morgan fingerprint density at radius 2 is 1.76 bits per heavy atom. The summed E-state index contributed by atoms with van der Waals surface area (Å²) in [5.41, 5.74) is 1.79. The number of rotatable bonds is 7. The van der Waals surface area contributed by atoms with Gasteiger partial charge in [-0.2, -0.15) is 0 Å². The number of thiophene rings is 1. The molecular weight excluding hydrogens is 390 g/mol. The van der Waals surface area contributed by atoms with E-state index in [4.69, 9.17) is 9.47 Å². The molecule has 1 N–H and O–H groups in total. The number of amides is 1. The lowest BCUT2D eigenvalue weighted by molar-refractivity contribution is -0.119. The van der Waals surface area contributed by atoms with Crippen molar-refractivity contribution in [2.75, 3.05) is 19.0 Å². The third-order valence-corrected chi connectivity index (χ3v) is 4.97. The fourth-order valence-electron chi connectivity index (χ4n) is 2.71. The molecule has 0 bridgehead atoms. The normalized spacial score (nSPS) is 10.3. The number of aryl methyl sites for hydroxylation is 1. The summed E-state index contributed by atoms with van der Waals surface area (Å²) in [7, 11) is 1.50. The molecule has 3 rings (SSSR count). The van der Waals surface area contributed by atoms with E-state index in [9.17, 15) is 14.4 Å². The van der Waals surface area contributed by atoms with Crippen LogP contribution in [0, 0.1) is 6.92 Å². The van der Waals surface area contributed by atoms with E-state index in [1.54, 1.807) is 47.8 Å². The van der Waals surface area contributed by atoms with Crippen LogP contribution in [0.5, 0.6) is 5.75 Å². The maximum atomic E-state index is 12.6. The highest BCUT2D eigenvalue weighted by Crippen LogP contribution is 2.25. The van der Waals surface area contributed by atoms with E-state index in [2.05, 4.69) is 5.32 Å². The van der Waals surface area contributed by atoms with E-state index in [0.717, 1.165) is 5.56 Å². The van der Waals surface area contributed by atoms with Crippen molar-refractivity contribution in [1.82, 2.24) is 0 Å². The number of hydrogen-bond acceptors (Lipinski definition) is 6. The predicted octanol–water partition coefficient (Wildman–Crippen LogP) is 4.09. The third-order valence-electron chi connectivity index (χ3n) is 4.10. The minimum Gasteiger partial charge on any atom is -0.495 e. The molecule has 6 nitrogen and oxygen atoms in total. The van der Waals surface area contributed by atoms with Crippen LogP contribution in [0.4, 0.5) is 5.69 Å². The molecular formula is C22H19NO5S. The summed E-state index contributed by atoms with van der Waals surface area (Å²) in [4.78, 5) is 37.9. The second-order valence-electron chi connectivity index (χ2n) is 6.18. The summed E-state index contributed by atoms with van der Waals surface area (Å²) in [6.45, 7) is 1.40. The Hall–Kier alpha value is -3.45. The van der Waals surface area contributed by atoms with Crippen LogP contribution < -0.4 is 10.1 Å². The van der Waals surface area contributed by atoms with Crippen molar-refractivity contribution in [1.29, 1.82) is 0 Å². The Balaban J connectivity index is 1.68. The summed E-state index contributed by atoms with van der Waals surface area (Å²) in [6.07, 6.45) is 0. The average Bonchev–Trinajstić information content (AvgIpc) is 3.26. The molecule has 1 heterocycles. The van der Waals surface area contributed by atoms with Crippen molar-refractivity contribution in [3.8, 4) is 5.75 Å². The highest BCUT2D eigenvalue weighted by molar-refractivity contribution is 7.12. The molecule has 0 saturated carbocycles. The van der Waals surface area contributed by atoms with Crippen LogP contribution in [-0.4, -0.2) is 31.4 Å². The highest BCUT2D eigenvalue weighted by Gasteiger charge is 2.20. The first-order valence-electron chi connectivity index (χ1n) is 8.78. The molecule has 0 aliphatic carbocycles. The molecule has 0 aliphatic heterocycles. The number of ketones is 1. The number of hydrogen-bond donors (Lipinski definition) is 1. The smallest absolute Gasteiger partial charge is 0.339 e. The van der Waals surface area contributed by atoms with E-state index in [1.165, 1.54) is 24.5 Å². The molecule has 1 amide bonds. The van der Waals surface area contributed by atoms with Gasteiger partial charge in [-0.05, 0) is 42.1 Å². The van der Waals surface area contributed by atoms with Crippen LogP contribution in [-0.2, 0) is 9.53 Å². The minimum absolute atomic E-state index is 0.117. The van der Waals surface area contributed by atoms with Crippen LogP contribution in [0.15, 0.2) is 60.0 Å². The molecule has 0 unspecified atom stereocenters. The number of carbonyl (C=O) groups is 3.